The van der Waals surface area contributed by atoms with Crippen LogP contribution in [0, 0.1) is 5.82 Å². The first-order chi connectivity index (χ1) is 26.0. The monoisotopic (exact) mass is 792 g/mol. The lowest BCUT2D eigenvalue weighted by Gasteiger charge is -2.50. The van der Waals surface area contributed by atoms with Gasteiger partial charge < -0.3 is 24.1 Å². The summed E-state index contributed by atoms with van der Waals surface area (Å²) in [5.41, 5.74) is 3.79. The van der Waals surface area contributed by atoms with Gasteiger partial charge in [0.15, 0.2) is 5.75 Å². The smallest absolute Gasteiger partial charge is 0.247 e. The van der Waals surface area contributed by atoms with Crippen molar-refractivity contribution < 1.29 is 26.7 Å². The van der Waals surface area contributed by atoms with E-state index in [1.807, 2.05) is 40.0 Å². The van der Waals surface area contributed by atoms with Gasteiger partial charge in [0, 0.05) is 37.1 Å². The maximum absolute atomic E-state index is 15.7. The predicted octanol–water partition coefficient (Wildman–Crippen LogP) is 8.43. The van der Waals surface area contributed by atoms with E-state index >= 15 is 4.39 Å². The maximum atomic E-state index is 15.7. The van der Waals surface area contributed by atoms with E-state index in [9.17, 15) is 8.42 Å². The first kappa shape index (κ1) is 40.3. The molecule has 0 amide bonds. The number of anilines is 3. The van der Waals surface area contributed by atoms with E-state index in [1.165, 1.54) is 29.0 Å². The SMILES string of the molecule is CCOC(C)n1cc(-c2ncn3nc(Nc4ccc(S(=O)(=O)c5cccc(N6CC(O[Si](C(C)C)(C(C)C)C(C)C)C6)c5)cc4F)nc3c2OC(C)C)cn1. The third-order valence-corrected chi connectivity index (χ3v) is 18.2. The first-order valence-electron chi connectivity index (χ1n) is 19.0. The lowest BCUT2D eigenvalue weighted by molar-refractivity contribution is 0.0160. The molecule has 55 heavy (non-hydrogen) atoms. The van der Waals surface area contributed by atoms with Crippen molar-refractivity contribution in [2.45, 2.75) is 114 Å². The summed E-state index contributed by atoms with van der Waals surface area (Å²) in [6.45, 7) is 23.2. The van der Waals surface area contributed by atoms with Crippen molar-refractivity contribution in [2.24, 2.45) is 0 Å². The van der Waals surface area contributed by atoms with E-state index < -0.39 is 24.0 Å². The number of hydrogen-bond donors (Lipinski definition) is 1. The van der Waals surface area contributed by atoms with Gasteiger partial charge in [-0.3, -0.25) is 0 Å². The van der Waals surface area contributed by atoms with E-state index in [4.69, 9.17) is 13.9 Å². The lowest BCUT2D eigenvalue weighted by atomic mass is 10.1. The van der Waals surface area contributed by atoms with Gasteiger partial charge in [-0.15, -0.1) is 5.10 Å². The zero-order chi connectivity index (χ0) is 39.8. The molecule has 2 aromatic carbocycles. The minimum Gasteiger partial charge on any atom is -0.485 e. The van der Waals surface area contributed by atoms with E-state index in [0.29, 0.717) is 59.0 Å². The van der Waals surface area contributed by atoms with Crippen LogP contribution in [0.25, 0.3) is 16.9 Å². The highest BCUT2D eigenvalue weighted by molar-refractivity contribution is 7.91. The van der Waals surface area contributed by atoms with Crippen molar-refractivity contribution in [1.29, 1.82) is 0 Å². The molecule has 0 spiro atoms. The van der Waals surface area contributed by atoms with Gasteiger partial charge in [0.2, 0.25) is 29.8 Å². The van der Waals surface area contributed by atoms with Crippen LogP contribution in [-0.2, 0) is 19.0 Å². The molecule has 0 radical (unpaired) electrons. The number of halogens is 1. The molecule has 1 aliphatic rings. The summed E-state index contributed by atoms with van der Waals surface area (Å²) in [5.74, 6) is -0.328. The molecule has 0 aliphatic carbocycles. The number of sulfone groups is 1. The van der Waals surface area contributed by atoms with Crippen LogP contribution in [0.2, 0.25) is 16.6 Å². The van der Waals surface area contributed by atoms with Crippen molar-refractivity contribution in [3.63, 3.8) is 0 Å². The molecule has 3 aromatic heterocycles. The number of nitrogens with one attached hydrogen (secondary N) is 1. The third kappa shape index (κ3) is 8.00. The Bertz CT molecular complexity index is 2210. The molecule has 1 fully saturated rings. The lowest BCUT2D eigenvalue weighted by Crippen LogP contribution is -2.60. The van der Waals surface area contributed by atoms with Crippen molar-refractivity contribution in [3.05, 3.63) is 67.0 Å². The fraction of sp³-hybridized carbons (Fsp3) is 0.487. The van der Waals surface area contributed by atoms with E-state index in [-0.39, 0.29) is 39.9 Å². The van der Waals surface area contributed by atoms with Crippen LogP contribution in [0.1, 0.15) is 75.5 Å². The Morgan fingerprint density at radius 2 is 1.65 bits per heavy atom. The Hall–Kier alpha value is -4.38. The van der Waals surface area contributed by atoms with Gasteiger partial charge in [0.05, 0.1) is 33.9 Å². The minimum absolute atomic E-state index is 0.00439. The van der Waals surface area contributed by atoms with Gasteiger partial charge in [-0.1, -0.05) is 47.6 Å². The average Bonchev–Trinajstić information content (AvgIpc) is 3.76. The molecule has 0 saturated carbocycles. The Morgan fingerprint density at radius 1 is 0.964 bits per heavy atom. The van der Waals surface area contributed by atoms with Gasteiger partial charge in [0.1, 0.15) is 24.1 Å². The molecule has 0 bridgehead atoms. The van der Waals surface area contributed by atoms with Crippen molar-refractivity contribution in [3.8, 4) is 17.0 Å². The summed E-state index contributed by atoms with van der Waals surface area (Å²) in [5, 5.41) is 11.7. The molecule has 1 aliphatic heterocycles. The van der Waals surface area contributed by atoms with Gasteiger partial charge in [-0.2, -0.15) is 14.6 Å². The molecule has 4 heterocycles. The summed E-state index contributed by atoms with van der Waals surface area (Å²) in [6.07, 6.45) is 4.60. The molecule has 1 atom stereocenters. The zero-order valence-corrected chi connectivity index (χ0v) is 35.1. The number of ether oxygens (including phenoxy) is 2. The van der Waals surface area contributed by atoms with Crippen LogP contribution in [-0.4, -0.2) is 78.0 Å². The molecule has 296 valence electrons. The normalized spacial score (nSPS) is 14.8. The van der Waals surface area contributed by atoms with E-state index in [2.05, 4.69) is 71.9 Å². The number of benzene rings is 2. The summed E-state index contributed by atoms with van der Waals surface area (Å²) in [6, 6.07) is 10.6. The maximum Gasteiger partial charge on any atom is 0.247 e. The number of rotatable bonds is 16. The van der Waals surface area contributed by atoms with E-state index in [1.54, 1.807) is 23.0 Å². The van der Waals surface area contributed by atoms with Crippen molar-refractivity contribution >= 4 is 41.1 Å². The second-order valence-electron chi connectivity index (χ2n) is 15.3. The second kappa shape index (κ2) is 16.0. The summed E-state index contributed by atoms with van der Waals surface area (Å²) in [4.78, 5) is 11.2. The Labute approximate surface area is 324 Å². The summed E-state index contributed by atoms with van der Waals surface area (Å²) < 4.78 is 65.1. The highest BCUT2D eigenvalue weighted by atomic mass is 32.2. The first-order valence-corrected chi connectivity index (χ1v) is 22.6. The molecule has 6 rings (SSSR count). The molecule has 13 nitrogen and oxygen atoms in total. The van der Waals surface area contributed by atoms with Crippen molar-refractivity contribution in [2.75, 3.05) is 29.9 Å². The summed E-state index contributed by atoms with van der Waals surface area (Å²) >= 11 is 0. The number of hydrogen-bond acceptors (Lipinski definition) is 11. The van der Waals surface area contributed by atoms with Crippen LogP contribution >= 0.6 is 0 Å². The Morgan fingerprint density at radius 3 is 2.29 bits per heavy atom. The Balaban J connectivity index is 1.19. The van der Waals surface area contributed by atoms with Crippen LogP contribution in [0.15, 0.2) is 71.0 Å². The number of nitrogens with zero attached hydrogens (tertiary/aromatic N) is 7. The standard InChI is InChI=1S/C39H53FN8O5SSi/c1-11-51-28(10)47-20-29(19-42-47)36-37(52-24(2)3)38-44-39(45-48(38)23-41-36)43-35-16-15-33(18-34(35)40)54(49,50)32-14-12-13-30(17-32)46-21-31(22-46)53-55(25(4)5,26(6)7)27(8)9/h12-20,23-28,31H,11,21-22H2,1-10H3,(H,43,45). The van der Waals surface area contributed by atoms with Crippen LogP contribution < -0.4 is 15.0 Å². The van der Waals surface area contributed by atoms with Crippen LogP contribution in [0.4, 0.5) is 21.7 Å². The van der Waals surface area contributed by atoms with Crippen LogP contribution in [0.3, 0.4) is 0 Å². The summed E-state index contributed by atoms with van der Waals surface area (Å²) in [7, 11) is -6.07. The topological polar surface area (TPSA) is 138 Å². The largest absolute Gasteiger partial charge is 0.485 e. The van der Waals surface area contributed by atoms with Gasteiger partial charge in [-0.05, 0) is 80.7 Å². The minimum atomic E-state index is -4.04. The zero-order valence-electron chi connectivity index (χ0n) is 33.3. The van der Waals surface area contributed by atoms with E-state index in [0.717, 1.165) is 11.8 Å². The van der Waals surface area contributed by atoms with Gasteiger partial charge >= 0.3 is 0 Å². The quantitative estimate of drug-likeness (QED) is 0.0964. The second-order valence-corrected chi connectivity index (χ2v) is 22.6. The Kier molecular flexibility index (Phi) is 11.7. The predicted molar refractivity (Wildman–Crippen MR) is 214 cm³/mol. The number of fused-ring (bicyclic) bond motifs is 1. The molecule has 5 aromatic rings. The van der Waals surface area contributed by atoms with Gasteiger partial charge in [0.25, 0.3) is 0 Å². The molecular formula is C39H53FN8O5SSi. The number of aromatic nitrogens is 6. The average molecular weight is 793 g/mol. The highest BCUT2D eigenvalue weighted by Gasteiger charge is 2.48. The molecular weight excluding hydrogens is 740 g/mol. The molecule has 1 N–H and O–H groups in total. The fourth-order valence-electron chi connectivity index (χ4n) is 7.70. The van der Waals surface area contributed by atoms with Crippen molar-refractivity contribution in [1.82, 2.24) is 29.4 Å². The molecule has 1 unspecified atom stereocenters. The third-order valence-electron chi connectivity index (χ3n) is 10.3. The van der Waals surface area contributed by atoms with Gasteiger partial charge in [-0.25, -0.2) is 22.5 Å². The van der Waals surface area contributed by atoms with Crippen LogP contribution in [0.5, 0.6) is 5.75 Å². The fourth-order valence-corrected chi connectivity index (χ4v) is 14.6. The molecule has 1 saturated heterocycles. The highest BCUT2D eigenvalue weighted by Crippen LogP contribution is 2.44. The molecule has 16 heteroatoms.